The molecule has 2 aromatic rings. The molecule has 0 bridgehead atoms. The van der Waals surface area contributed by atoms with Gasteiger partial charge in [0.15, 0.2) is 0 Å². The number of hydrogen-bond acceptors (Lipinski definition) is 3. The third kappa shape index (κ3) is 3.68. The molecule has 5 nitrogen and oxygen atoms in total. The monoisotopic (exact) mass is 311 g/mol. The van der Waals surface area contributed by atoms with E-state index in [2.05, 4.69) is 17.0 Å². The smallest absolute Gasteiger partial charge is 0.254 e. The van der Waals surface area contributed by atoms with Crippen LogP contribution in [0.5, 0.6) is 0 Å². The summed E-state index contributed by atoms with van der Waals surface area (Å²) < 4.78 is 1.47. The van der Waals surface area contributed by atoms with Crippen LogP contribution in [0.15, 0.2) is 53.5 Å². The minimum absolute atomic E-state index is 0.0536. The van der Waals surface area contributed by atoms with Crippen molar-refractivity contribution in [3.63, 3.8) is 0 Å². The molecule has 0 spiro atoms. The summed E-state index contributed by atoms with van der Waals surface area (Å²) in [5.41, 5.74) is 1.61. The number of amides is 1. The number of carbonyl (C=O) groups is 1. The number of benzene rings is 1. The maximum Gasteiger partial charge on any atom is 0.254 e. The Kier molecular flexibility index (Phi) is 4.57. The second-order valence-corrected chi connectivity index (χ2v) is 5.92. The van der Waals surface area contributed by atoms with Crippen LogP contribution in [0.4, 0.5) is 0 Å². The van der Waals surface area contributed by atoms with E-state index >= 15 is 0 Å². The average molecular weight is 311 g/mol. The van der Waals surface area contributed by atoms with Crippen molar-refractivity contribution in [3.8, 4) is 0 Å². The van der Waals surface area contributed by atoms with Crippen LogP contribution in [0, 0.1) is 0 Å². The zero-order chi connectivity index (χ0) is 16.2. The molecule has 1 aromatic carbocycles. The van der Waals surface area contributed by atoms with Crippen LogP contribution in [-0.4, -0.2) is 46.5 Å². The number of pyridine rings is 1. The molecule has 0 aliphatic carbocycles. The summed E-state index contributed by atoms with van der Waals surface area (Å²) >= 11 is 0. The van der Waals surface area contributed by atoms with Gasteiger partial charge in [-0.25, -0.2) is 0 Å². The molecule has 1 aromatic heterocycles. The Morgan fingerprint density at radius 2 is 1.74 bits per heavy atom. The topological polar surface area (TPSA) is 45.6 Å². The molecule has 120 valence electrons. The maximum absolute atomic E-state index is 12.5. The van der Waals surface area contributed by atoms with Gasteiger partial charge in [0.1, 0.15) is 0 Å². The number of nitrogens with zero attached hydrogens (tertiary/aromatic N) is 3. The number of aryl methyl sites for hydroxylation is 1. The van der Waals surface area contributed by atoms with Gasteiger partial charge in [0.25, 0.3) is 11.5 Å². The fourth-order valence-corrected chi connectivity index (χ4v) is 2.81. The fourth-order valence-electron chi connectivity index (χ4n) is 2.81. The lowest BCUT2D eigenvalue weighted by Crippen LogP contribution is -2.48. The van der Waals surface area contributed by atoms with Gasteiger partial charge in [-0.15, -0.1) is 0 Å². The standard InChI is InChI=1S/C18H21N3O2/c1-19-8-7-16(13-17(19)22)18(23)21-11-9-20(10-12-21)14-15-5-3-2-4-6-15/h2-8,13H,9-12,14H2,1H3. The van der Waals surface area contributed by atoms with Crippen LogP contribution in [0.2, 0.25) is 0 Å². The number of rotatable bonds is 3. The average Bonchev–Trinajstić information content (AvgIpc) is 2.58. The van der Waals surface area contributed by atoms with E-state index in [1.807, 2.05) is 23.1 Å². The molecular weight excluding hydrogens is 290 g/mol. The molecular formula is C18H21N3O2. The highest BCUT2D eigenvalue weighted by Crippen LogP contribution is 2.10. The minimum atomic E-state index is -0.154. The first kappa shape index (κ1) is 15.5. The van der Waals surface area contributed by atoms with Crippen LogP contribution < -0.4 is 5.56 Å². The van der Waals surface area contributed by atoms with E-state index in [9.17, 15) is 9.59 Å². The van der Waals surface area contributed by atoms with Crippen molar-refractivity contribution in [1.29, 1.82) is 0 Å². The lowest BCUT2D eigenvalue weighted by Gasteiger charge is -2.34. The molecule has 1 aliphatic heterocycles. The third-order valence-electron chi connectivity index (χ3n) is 4.26. The fraction of sp³-hybridized carbons (Fsp3) is 0.333. The van der Waals surface area contributed by atoms with Crippen molar-refractivity contribution in [3.05, 3.63) is 70.1 Å². The van der Waals surface area contributed by atoms with E-state index in [-0.39, 0.29) is 11.5 Å². The van der Waals surface area contributed by atoms with Crippen LogP contribution in [0.3, 0.4) is 0 Å². The molecule has 0 saturated carbocycles. The Morgan fingerprint density at radius 3 is 2.39 bits per heavy atom. The second kappa shape index (κ2) is 6.79. The van der Waals surface area contributed by atoms with Gasteiger partial charge < -0.3 is 9.47 Å². The number of aromatic nitrogens is 1. The molecule has 23 heavy (non-hydrogen) atoms. The second-order valence-electron chi connectivity index (χ2n) is 5.92. The quantitative estimate of drug-likeness (QED) is 0.859. The third-order valence-corrected chi connectivity index (χ3v) is 4.26. The van der Waals surface area contributed by atoms with E-state index in [4.69, 9.17) is 0 Å². The predicted molar refractivity (Wildman–Crippen MR) is 89.3 cm³/mol. The Balaban J connectivity index is 1.59. The van der Waals surface area contributed by atoms with Crippen molar-refractivity contribution >= 4 is 5.91 Å². The Morgan fingerprint density at radius 1 is 1.04 bits per heavy atom. The normalized spacial score (nSPS) is 15.6. The number of hydrogen-bond donors (Lipinski definition) is 0. The van der Waals surface area contributed by atoms with E-state index < -0.39 is 0 Å². The van der Waals surface area contributed by atoms with Gasteiger partial charge in [0.05, 0.1) is 0 Å². The van der Waals surface area contributed by atoms with Gasteiger partial charge in [-0.05, 0) is 11.6 Å². The van der Waals surface area contributed by atoms with Gasteiger partial charge in [-0.3, -0.25) is 14.5 Å². The Bertz CT molecular complexity index is 731. The van der Waals surface area contributed by atoms with E-state index in [0.717, 1.165) is 19.6 Å². The van der Waals surface area contributed by atoms with Gasteiger partial charge in [0, 0.05) is 57.6 Å². The van der Waals surface area contributed by atoms with Crippen molar-refractivity contribution in [2.75, 3.05) is 26.2 Å². The summed E-state index contributed by atoms with van der Waals surface area (Å²) in [6, 6.07) is 13.5. The first-order valence-electron chi connectivity index (χ1n) is 7.86. The van der Waals surface area contributed by atoms with Crippen molar-refractivity contribution in [2.24, 2.45) is 7.05 Å². The van der Waals surface area contributed by atoms with Gasteiger partial charge in [0.2, 0.25) is 0 Å². The molecule has 1 amide bonds. The molecule has 0 N–H and O–H groups in total. The van der Waals surface area contributed by atoms with E-state index in [1.54, 1.807) is 19.3 Å². The summed E-state index contributed by atoms with van der Waals surface area (Å²) in [6.45, 7) is 4.01. The maximum atomic E-state index is 12.5. The summed E-state index contributed by atoms with van der Waals surface area (Å²) in [4.78, 5) is 28.3. The van der Waals surface area contributed by atoms with Crippen LogP contribution in [0.1, 0.15) is 15.9 Å². The molecule has 1 aliphatic rings. The Hall–Kier alpha value is -2.40. The van der Waals surface area contributed by atoms with Gasteiger partial charge in [-0.2, -0.15) is 0 Å². The molecule has 2 heterocycles. The SMILES string of the molecule is Cn1ccc(C(=O)N2CCN(Cc3ccccc3)CC2)cc1=O. The molecule has 3 rings (SSSR count). The summed E-state index contributed by atoms with van der Waals surface area (Å²) in [5.74, 6) is -0.0536. The molecule has 0 unspecified atom stereocenters. The van der Waals surface area contributed by atoms with Crippen LogP contribution >= 0.6 is 0 Å². The van der Waals surface area contributed by atoms with Crippen molar-refractivity contribution < 1.29 is 4.79 Å². The summed E-state index contributed by atoms with van der Waals surface area (Å²) in [5, 5.41) is 0. The first-order chi connectivity index (χ1) is 11.1. The molecule has 0 radical (unpaired) electrons. The number of carbonyl (C=O) groups excluding carboxylic acids is 1. The van der Waals surface area contributed by atoms with Crippen molar-refractivity contribution in [1.82, 2.24) is 14.4 Å². The molecule has 5 heteroatoms. The van der Waals surface area contributed by atoms with Gasteiger partial charge in [-0.1, -0.05) is 30.3 Å². The zero-order valence-electron chi connectivity index (χ0n) is 13.3. The largest absolute Gasteiger partial charge is 0.336 e. The lowest BCUT2D eigenvalue weighted by atomic mass is 10.2. The number of piperazine rings is 1. The molecule has 1 fully saturated rings. The highest BCUT2D eigenvalue weighted by atomic mass is 16.2. The highest BCUT2D eigenvalue weighted by Gasteiger charge is 2.22. The zero-order valence-corrected chi connectivity index (χ0v) is 13.3. The highest BCUT2D eigenvalue weighted by molar-refractivity contribution is 5.94. The van der Waals surface area contributed by atoms with Gasteiger partial charge >= 0.3 is 0 Å². The van der Waals surface area contributed by atoms with E-state index in [0.29, 0.717) is 18.7 Å². The predicted octanol–water partition coefficient (Wildman–Crippen LogP) is 1.34. The Labute approximate surface area is 135 Å². The van der Waals surface area contributed by atoms with Crippen LogP contribution in [-0.2, 0) is 13.6 Å². The lowest BCUT2D eigenvalue weighted by molar-refractivity contribution is 0.0628. The van der Waals surface area contributed by atoms with Crippen molar-refractivity contribution in [2.45, 2.75) is 6.54 Å². The summed E-state index contributed by atoms with van der Waals surface area (Å²) in [7, 11) is 1.68. The molecule has 1 saturated heterocycles. The first-order valence-corrected chi connectivity index (χ1v) is 7.86. The van der Waals surface area contributed by atoms with E-state index in [1.165, 1.54) is 16.2 Å². The summed E-state index contributed by atoms with van der Waals surface area (Å²) in [6.07, 6.45) is 1.64. The minimum Gasteiger partial charge on any atom is -0.336 e. The van der Waals surface area contributed by atoms with Crippen LogP contribution in [0.25, 0.3) is 0 Å². The molecule has 0 atom stereocenters.